The zero-order valence-corrected chi connectivity index (χ0v) is 19.9. The minimum absolute atomic E-state index is 0.166. The van der Waals surface area contributed by atoms with Crippen molar-refractivity contribution in [3.05, 3.63) is 125 Å². The molecule has 0 aliphatic heterocycles. The first-order valence-corrected chi connectivity index (χ1v) is 11.6. The van der Waals surface area contributed by atoms with Gasteiger partial charge in [-0.15, -0.1) is 0 Å². The fraction of sp³-hybridized carbons (Fsp3) is 0.133. The van der Waals surface area contributed by atoms with Crippen molar-refractivity contribution in [1.29, 1.82) is 0 Å². The summed E-state index contributed by atoms with van der Waals surface area (Å²) in [4.78, 5) is 25.1. The van der Waals surface area contributed by atoms with Gasteiger partial charge in [0.2, 0.25) is 0 Å². The summed E-state index contributed by atoms with van der Waals surface area (Å²) < 4.78 is 11.0. The molecule has 182 valence electrons. The first-order valence-electron chi connectivity index (χ1n) is 11.6. The minimum Gasteiger partial charge on any atom is -0.497 e. The van der Waals surface area contributed by atoms with Crippen LogP contribution >= 0.6 is 0 Å². The van der Waals surface area contributed by atoms with E-state index in [0.29, 0.717) is 29.2 Å². The van der Waals surface area contributed by atoms with E-state index in [1.165, 1.54) is 0 Å². The first kappa shape index (κ1) is 24.5. The summed E-state index contributed by atoms with van der Waals surface area (Å²) in [6, 6.07) is 30.0. The molecule has 6 heteroatoms. The van der Waals surface area contributed by atoms with Gasteiger partial charge >= 0.3 is 5.97 Å². The van der Waals surface area contributed by atoms with Gasteiger partial charge < -0.3 is 19.9 Å². The second-order valence-corrected chi connectivity index (χ2v) is 8.26. The molecule has 1 atom stereocenters. The molecule has 4 aromatic rings. The zero-order valence-electron chi connectivity index (χ0n) is 19.9. The molecule has 0 saturated heterocycles. The number of rotatable bonds is 11. The molecule has 0 saturated carbocycles. The summed E-state index contributed by atoms with van der Waals surface area (Å²) in [6.45, 7) is 0.412. The number of methoxy groups -OCH3 is 1. The van der Waals surface area contributed by atoms with Gasteiger partial charge in [0.05, 0.1) is 7.11 Å². The Morgan fingerprint density at radius 1 is 0.778 bits per heavy atom. The predicted octanol–water partition coefficient (Wildman–Crippen LogP) is 5.61. The van der Waals surface area contributed by atoms with Crippen LogP contribution < -0.4 is 14.8 Å². The Labute approximate surface area is 210 Å². The maximum atomic E-state index is 13.0. The molecule has 4 rings (SSSR count). The summed E-state index contributed by atoms with van der Waals surface area (Å²) in [5, 5.41) is 12.9. The first-order chi connectivity index (χ1) is 17.5. The summed E-state index contributed by atoms with van der Waals surface area (Å²) in [5.41, 5.74) is 3.30. The number of ether oxygens (including phenoxy) is 2. The second kappa shape index (κ2) is 11.7. The number of anilines is 1. The van der Waals surface area contributed by atoms with E-state index < -0.39 is 12.0 Å². The van der Waals surface area contributed by atoms with Crippen molar-refractivity contribution >= 4 is 17.4 Å². The number of aliphatic carboxylic acids is 1. The number of carbonyl (C=O) groups excluding carboxylic acids is 1. The maximum Gasteiger partial charge on any atom is 0.326 e. The zero-order chi connectivity index (χ0) is 25.3. The van der Waals surface area contributed by atoms with Crippen LogP contribution in [-0.2, 0) is 17.8 Å². The largest absolute Gasteiger partial charge is 0.497 e. The summed E-state index contributed by atoms with van der Waals surface area (Å²) in [6.07, 6.45) is 0.238. The molecule has 6 nitrogen and oxygen atoms in total. The average molecular weight is 482 g/mol. The fourth-order valence-corrected chi connectivity index (χ4v) is 3.79. The average Bonchev–Trinajstić information content (AvgIpc) is 2.93. The van der Waals surface area contributed by atoms with E-state index in [0.717, 1.165) is 16.9 Å². The van der Waals surface area contributed by atoms with Gasteiger partial charge in [-0.3, -0.25) is 4.79 Å². The van der Waals surface area contributed by atoms with Crippen LogP contribution in [0.3, 0.4) is 0 Å². The van der Waals surface area contributed by atoms with Crippen molar-refractivity contribution in [3.8, 4) is 11.5 Å². The quantitative estimate of drug-likeness (QED) is 0.271. The van der Waals surface area contributed by atoms with E-state index >= 15 is 0 Å². The van der Waals surface area contributed by atoms with Crippen LogP contribution in [0.5, 0.6) is 11.5 Å². The molecule has 4 aromatic carbocycles. The molecule has 36 heavy (non-hydrogen) atoms. The van der Waals surface area contributed by atoms with Gasteiger partial charge in [0.15, 0.2) is 5.78 Å². The van der Waals surface area contributed by atoms with Gasteiger partial charge in [-0.2, -0.15) is 0 Å². The van der Waals surface area contributed by atoms with Crippen LogP contribution in [0.1, 0.15) is 27.0 Å². The van der Waals surface area contributed by atoms with Crippen LogP contribution in [0.15, 0.2) is 103 Å². The number of carboxylic acid groups (broad SMARTS) is 1. The smallest absolute Gasteiger partial charge is 0.326 e. The molecular weight excluding hydrogens is 454 g/mol. The van der Waals surface area contributed by atoms with E-state index in [1.54, 1.807) is 55.6 Å². The number of nitrogens with one attached hydrogen (secondary N) is 1. The van der Waals surface area contributed by atoms with E-state index in [-0.39, 0.29) is 12.2 Å². The number of para-hydroxylation sites is 1. The highest BCUT2D eigenvalue weighted by Gasteiger charge is 2.21. The molecule has 0 aliphatic carbocycles. The number of benzene rings is 4. The predicted molar refractivity (Wildman–Crippen MR) is 139 cm³/mol. The van der Waals surface area contributed by atoms with Crippen molar-refractivity contribution < 1.29 is 24.2 Å². The van der Waals surface area contributed by atoms with Crippen molar-refractivity contribution in [2.24, 2.45) is 0 Å². The lowest BCUT2D eigenvalue weighted by molar-refractivity contribution is -0.137. The fourth-order valence-electron chi connectivity index (χ4n) is 3.79. The number of carbonyl (C=O) groups is 2. The van der Waals surface area contributed by atoms with Crippen molar-refractivity contribution in [2.45, 2.75) is 19.1 Å². The molecule has 0 aromatic heterocycles. The van der Waals surface area contributed by atoms with E-state index in [2.05, 4.69) is 5.32 Å². The van der Waals surface area contributed by atoms with Crippen LogP contribution in [0.25, 0.3) is 0 Å². The third-order valence-electron chi connectivity index (χ3n) is 5.76. The molecule has 0 radical (unpaired) electrons. The lowest BCUT2D eigenvalue weighted by Crippen LogP contribution is -2.32. The Morgan fingerprint density at radius 3 is 2.06 bits per heavy atom. The van der Waals surface area contributed by atoms with E-state index in [1.807, 2.05) is 54.6 Å². The molecular formula is C30H27NO5. The van der Waals surface area contributed by atoms with Crippen LogP contribution in [0, 0.1) is 0 Å². The monoisotopic (exact) mass is 481 g/mol. The van der Waals surface area contributed by atoms with Crippen LogP contribution in [0.4, 0.5) is 5.69 Å². The number of ketones is 1. The molecule has 0 unspecified atom stereocenters. The van der Waals surface area contributed by atoms with Crippen molar-refractivity contribution in [2.75, 3.05) is 12.4 Å². The summed E-state index contributed by atoms with van der Waals surface area (Å²) in [5.74, 6) is 0.308. The van der Waals surface area contributed by atoms with Gasteiger partial charge in [0.1, 0.15) is 24.1 Å². The Bertz CT molecular complexity index is 1300. The normalized spacial score (nSPS) is 11.4. The Hall–Kier alpha value is -4.58. The standard InChI is InChI=1S/C30H27NO5/c1-35-24-15-13-22(14-16-24)20-36-25-17-11-21(12-18-25)19-28(30(33)34)31-27-10-6-5-9-26(27)29(32)23-7-3-2-4-8-23/h2-18,28,31H,19-20H2,1H3,(H,33,34)/t28-/m0/s1. The van der Waals surface area contributed by atoms with Gasteiger partial charge in [0, 0.05) is 23.2 Å². The Kier molecular flexibility index (Phi) is 7.98. The van der Waals surface area contributed by atoms with Gasteiger partial charge in [-0.05, 0) is 47.5 Å². The highest BCUT2D eigenvalue weighted by Crippen LogP contribution is 2.22. The van der Waals surface area contributed by atoms with Crippen LogP contribution in [0.2, 0.25) is 0 Å². The molecule has 0 bridgehead atoms. The van der Waals surface area contributed by atoms with Crippen molar-refractivity contribution in [1.82, 2.24) is 0 Å². The highest BCUT2D eigenvalue weighted by atomic mass is 16.5. The Morgan fingerprint density at radius 2 is 1.39 bits per heavy atom. The molecule has 2 N–H and O–H groups in total. The second-order valence-electron chi connectivity index (χ2n) is 8.26. The molecule has 0 heterocycles. The number of hydrogen-bond acceptors (Lipinski definition) is 5. The third kappa shape index (κ3) is 6.30. The molecule has 0 aliphatic rings. The van der Waals surface area contributed by atoms with Crippen LogP contribution in [-0.4, -0.2) is 30.0 Å². The molecule has 0 amide bonds. The molecule has 0 fully saturated rings. The molecule has 0 spiro atoms. The lowest BCUT2D eigenvalue weighted by atomic mass is 10.00. The van der Waals surface area contributed by atoms with E-state index in [4.69, 9.17) is 9.47 Å². The highest BCUT2D eigenvalue weighted by molar-refractivity contribution is 6.12. The lowest BCUT2D eigenvalue weighted by Gasteiger charge is -2.18. The number of hydrogen-bond donors (Lipinski definition) is 2. The maximum absolute atomic E-state index is 13.0. The van der Waals surface area contributed by atoms with E-state index in [9.17, 15) is 14.7 Å². The minimum atomic E-state index is -1.00. The topological polar surface area (TPSA) is 84.9 Å². The van der Waals surface area contributed by atoms with Gasteiger partial charge in [-0.1, -0.05) is 66.7 Å². The summed E-state index contributed by atoms with van der Waals surface area (Å²) >= 11 is 0. The summed E-state index contributed by atoms with van der Waals surface area (Å²) in [7, 11) is 1.63. The SMILES string of the molecule is COc1ccc(COc2ccc(C[C@H](Nc3ccccc3C(=O)c3ccccc3)C(=O)O)cc2)cc1. The number of carboxylic acids is 1. The Balaban J connectivity index is 1.42. The van der Waals surface area contributed by atoms with Crippen molar-refractivity contribution in [3.63, 3.8) is 0 Å². The van der Waals surface area contributed by atoms with Gasteiger partial charge in [0.25, 0.3) is 0 Å². The van der Waals surface area contributed by atoms with Gasteiger partial charge in [-0.25, -0.2) is 4.79 Å². The third-order valence-corrected chi connectivity index (χ3v) is 5.76.